The summed E-state index contributed by atoms with van der Waals surface area (Å²) in [5.41, 5.74) is 1.31. The van der Waals surface area contributed by atoms with E-state index in [4.69, 9.17) is 29.2 Å². The summed E-state index contributed by atoms with van der Waals surface area (Å²) in [6.45, 7) is 1.66. The molecule has 0 saturated heterocycles. The maximum Gasteiger partial charge on any atom is 0.161 e. The van der Waals surface area contributed by atoms with E-state index < -0.39 is 0 Å². The standard InChI is InChI=1S/C20H26O8/c21-13-15-1-3-17(23)19(11-15)27-9-7-25-5-6-26-8-10-28-20-12-16(14-22)2-4-18(20)24/h1-4,11-12,21-24H,5-10,13-14H2. The zero-order chi connectivity index (χ0) is 20.2. The van der Waals surface area contributed by atoms with Gasteiger partial charge in [-0.15, -0.1) is 0 Å². The number of hydrogen-bond acceptors (Lipinski definition) is 8. The van der Waals surface area contributed by atoms with Crippen LogP contribution in [0.5, 0.6) is 23.0 Å². The van der Waals surface area contributed by atoms with Gasteiger partial charge in [0.25, 0.3) is 0 Å². The molecule has 0 amide bonds. The topological polar surface area (TPSA) is 118 Å². The summed E-state index contributed by atoms with van der Waals surface area (Å²) < 4.78 is 21.6. The minimum absolute atomic E-state index is 0.0103. The lowest BCUT2D eigenvalue weighted by Gasteiger charge is -2.11. The summed E-state index contributed by atoms with van der Waals surface area (Å²) in [7, 11) is 0. The Morgan fingerprint density at radius 3 is 1.36 bits per heavy atom. The number of aliphatic hydroxyl groups excluding tert-OH is 2. The average molecular weight is 394 g/mol. The Morgan fingerprint density at radius 1 is 0.571 bits per heavy atom. The minimum atomic E-state index is -0.124. The Morgan fingerprint density at radius 2 is 0.964 bits per heavy atom. The van der Waals surface area contributed by atoms with Crippen molar-refractivity contribution in [2.45, 2.75) is 13.2 Å². The third-order valence-corrected chi connectivity index (χ3v) is 3.76. The molecule has 28 heavy (non-hydrogen) atoms. The van der Waals surface area contributed by atoms with Gasteiger partial charge < -0.3 is 39.4 Å². The number of ether oxygens (including phenoxy) is 4. The van der Waals surface area contributed by atoms with Crippen LogP contribution in [0.25, 0.3) is 0 Å². The zero-order valence-electron chi connectivity index (χ0n) is 15.5. The monoisotopic (exact) mass is 394 g/mol. The second-order valence-corrected chi connectivity index (χ2v) is 5.84. The van der Waals surface area contributed by atoms with Gasteiger partial charge in [-0.25, -0.2) is 0 Å². The van der Waals surface area contributed by atoms with Crippen molar-refractivity contribution in [3.8, 4) is 23.0 Å². The highest BCUT2D eigenvalue weighted by atomic mass is 16.6. The largest absolute Gasteiger partial charge is 0.504 e. The molecule has 2 aromatic carbocycles. The summed E-state index contributed by atoms with van der Waals surface area (Å²) in [5, 5.41) is 37.5. The fourth-order valence-corrected chi connectivity index (χ4v) is 2.29. The Kier molecular flexibility index (Phi) is 9.36. The highest BCUT2D eigenvalue weighted by Crippen LogP contribution is 2.27. The molecule has 0 aromatic heterocycles. The van der Waals surface area contributed by atoms with E-state index in [1.807, 2.05) is 0 Å². The van der Waals surface area contributed by atoms with E-state index in [9.17, 15) is 10.2 Å². The molecule has 0 aliphatic carbocycles. The second kappa shape index (κ2) is 12.0. The van der Waals surface area contributed by atoms with E-state index in [-0.39, 0.29) is 37.9 Å². The first kappa shape index (κ1) is 21.8. The Balaban J connectivity index is 1.51. The molecule has 0 fully saturated rings. The molecular formula is C20H26O8. The summed E-state index contributed by atoms with van der Waals surface area (Å²) in [4.78, 5) is 0. The predicted octanol–water partition coefficient (Wildman–Crippen LogP) is 1.57. The maximum atomic E-state index is 9.68. The number of aliphatic hydroxyl groups is 2. The summed E-state index contributed by atoms with van der Waals surface area (Å²) >= 11 is 0. The van der Waals surface area contributed by atoms with Gasteiger partial charge in [0.15, 0.2) is 23.0 Å². The fraction of sp³-hybridized carbons (Fsp3) is 0.400. The molecule has 0 aliphatic rings. The fourth-order valence-electron chi connectivity index (χ4n) is 2.29. The van der Waals surface area contributed by atoms with Crippen LogP contribution in [-0.2, 0) is 22.7 Å². The first-order chi connectivity index (χ1) is 13.6. The smallest absolute Gasteiger partial charge is 0.161 e. The molecule has 8 heteroatoms. The summed E-state index contributed by atoms with van der Waals surface area (Å²) in [6.07, 6.45) is 0. The molecule has 0 aliphatic heterocycles. The molecule has 0 saturated carbocycles. The van der Waals surface area contributed by atoms with E-state index in [1.54, 1.807) is 24.3 Å². The molecule has 4 N–H and O–H groups in total. The normalized spacial score (nSPS) is 10.8. The van der Waals surface area contributed by atoms with Gasteiger partial charge >= 0.3 is 0 Å². The van der Waals surface area contributed by atoms with Gasteiger partial charge in [0.05, 0.1) is 39.6 Å². The average Bonchev–Trinajstić information content (AvgIpc) is 2.71. The molecule has 2 rings (SSSR count). The maximum absolute atomic E-state index is 9.68. The van der Waals surface area contributed by atoms with Crippen molar-refractivity contribution in [1.29, 1.82) is 0 Å². The molecule has 154 valence electrons. The van der Waals surface area contributed by atoms with Crippen LogP contribution in [0.2, 0.25) is 0 Å². The molecule has 0 unspecified atom stereocenters. The lowest BCUT2D eigenvalue weighted by Crippen LogP contribution is -2.13. The summed E-state index contributed by atoms with van der Waals surface area (Å²) in [5.74, 6) is 0.626. The molecule has 0 spiro atoms. The number of hydrogen-bond donors (Lipinski definition) is 4. The summed E-state index contributed by atoms with van der Waals surface area (Å²) in [6, 6.07) is 9.32. The van der Waals surface area contributed by atoms with Gasteiger partial charge in [0, 0.05) is 0 Å². The van der Waals surface area contributed by atoms with Crippen LogP contribution >= 0.6 is 0 Å². The van der Waals surface area contributed by atoms with E-state index in [2.05, 4.69) is 0 Å². The van der Waals surface area contributed by atoms with Crippen LogP contribution in [-0.4, -0.2) is 60.1 Å². The third kappa shape index (κ3) is 7.24. The molecular weight excluding hydrogens is 368 g/mol. The van der Waals surface area contributed by atoms with Crippen molar-refractivity contribution in [1.82, 2.24) is 0 Å². The quantitative estimate of drug-likeness (QED) is 0.378. The highest BCUT2D eigenvalue weighted by Gasteiger charge is 2.05. The van der Waals surface area contributed by atoms with Gasteiger partial charge in [-0.3, -0.25) is 0 Å². The van der Waals surface area contributed by atoms with E-state index in [1.165, 1.54) is 12.1 Å². The number of benzene rings is 2. The van der Waals surface area contributed by atoms with E-state index >= 15 is 0 Å². The predicted molar refractivity (Wildman–Crippen MR) is 101 cm³/mol. The van der Waals surface area contributed by atoms with Crippen LogP contribution in [0, 0.1) is 0 Å². The van der Waals surface area contributed by atoms with Crippen molar-refractivity contribution in [2.24, 2.45) is 0 Å². The van der Waals surface area contributed by atoms with Crippen molar-refractivity contribution < 1.29 is 39.4 Å². The van der Waals surface area contributed by atoms with Gasteiger partial charge in [-0.05, 0) is 35.4 Å². The number of rotatable bonds is 13. The number of phenolic OH excluding ortho intramolecular Hbond substituents is 2. The van der Waals surface area contributed by atoms with Crippen LogP contribution in [0.1, 0.15) is 11.1 Å². The first-order valence-electron chi connectivity index (χ1n) is 8.90. The van der Waals surface area contributed by atoms with E-state index in [0.29, 0.717) is 49.1 Å². The van der Waals surface area contributed by atoms with Gasteiger partial charge in [-0.1, -0.05) is 12.1 Å². The molecule has 0 bridgehead atoms. The highest BCUT2D eigenvalue weighted by molar-refractivity contribution is 5.42. The lowest BCUT2D eigenvalue weighted by atomic mass is 10.2. The van der Waals surface area contributed by atoms with Gasteiger partial charge in [0.2, 0.25) is 0 Å². The number of aromatic hydroxyl groups is 2. The van der Waals surface area contributed by atoms with Crippen molar-refractivity contribution >= 4 is 0 Å². The van der Waals surface area contributed by atoms with Crippen molar-refractivity contribution in [3.63, 3.8) is 0 Å². The van der Waals surface area contributed by atoms with Crippen LogP contribution in [0.4, 0.5) is 0 Å². The van der Waals surface area contributed by atoms with E-state index in [0.717, 1.165) is 0 Å². The van der Waals surface area contributed by atoms with Gasteiger partial charge in [0.1, 0.15) is 13.2 Å². The van der Waals surface area contributed by atoms with Gasteiger partial charge in [-0.2, -0.15) is 0 Å². The van der Waals surface area contributed by atoms with Crippen LogP contribution < -0.4 is 9.47 Å². The molecule has 8 nitrogen and oxygen atoms in total. The molecule has 0 atom stereocenters. The first-order valence-corrected chi connectivity index (χ1v) is 8.90. The minimum Gasteiger partial charge on any atom is -0.504 e. The van der Waals surface area contributed by atoms with Crippen molar-refractivity contribution in [3.05, 3.63) is 47.5 Å². The second-order valence-electron chi connectivity index (χ2n) is 5.84. The molecule has 0 heterocycles. The Labute approximate surface area is 163 Å². The Bertz CT molecular complexity index is 658. The SMILES string of the molecule is OCc1ccc(O)c(OCCOCCOCCOc2cc(CO)ccc2O)c1. The lowest BCUT2D eigenvalue weighted by molar-refractivity contribution is 0.0269. The number of phenols is 2. The van der Waals surface area contributed by atoms with Crippen molar-refractivity contribution in [2.75, 3.05) is 39.6 Å². The zero-order valence-corrected chi connectivity index (χ0v) is 15.5. The Hall–Kier alpha value is -2.52. The molecule has 0 radical (unpaired) electrons. The molecule has 2 aromatic rings. The van der Waals surface area contributed by atoms with Crippen LogP contribution in [0.15, 0.2) is 36.4 Å². The third-order valence-electron chi connectivity index (χ3n) is 3.76. The van der Waals surface area contributed by atoms with Crippen LogP contribution in [0.3, 0.4) is 0 Å².